The van der Waals surface area contributed by atoms with Crippen LogP contribution >= 0.6 is 0 Å². The number of amides is 1. The van der Waals surface area contributed by atoms with Crippen molar-refractivity contribution >= 4 is 11.6 Å². The lowest BCUT2D eigenvalue weighted by Gasteiger charge is -2.31. The Balaban J connectivity index is 1.53. The Labute approximate surface area is 144 Å². The normalized spacial score (nSPS) is 23.1. The van der Waals surface area contributed by atoms with Gasteiger partial charge >= 0.3 is 0 Å². The summed E-state index contributed by atoms with van der Waals surface area (Å²) in [5, 5.41) is 12.3. The third-order valence-electron chi connectivity index (χ3n) is 5.10. The van der Waals surface area contributed by atoms with Gasteiger partial charge in [0.1, 0.15) is 0 Å². The van der Waals surface area contributed by atoms with Gasteiger partial charge in [-0.3, -0.25) is 9.69 Å². The number of carbonyl (C=O) groups is 1. The van der Waals surface area contributed by atoms with Crippen LogP contribution in [0.3, 0.4) is 0 Å². The number of rotatable bonds is 5. The molecule has 2 saturated heterocycles. The zero-order chi connectivity index (χ0) is 16.8. The Hall–Kier alpha value is -1.43. The van der Waals surface area contributed by atoms with E-state index < -0.39 is 0 Å². The number of piperidine rings is 1. The summed E-state index contributed by atoms with van der Waals surface area (Å²) >= 11 is 0. The van der Waals surface area contributed by atoms with Gasteiger partial charge in [-0.15, -0.1) is 0 Å². The minimum absolute atomic E-state index is 0.0279. The van der Waals surface area contributed by atoms with Crippen molar-refractivity contribution in [1.29, 1.82) is 0 Å². The van der Waals surface area contributed by atoms with Gasteiger partial charge in [0, 0.05) is 25.4 Å². The number of nitrogens with one attached hydrogen (secondary N) is 1. The molecule has 2 heterocycles. The zero-order valence-corrected chi connectivity index (χ0v) is 14.2. The van der Waals surface area contributed by atoms with Gasteiger partial charge in [0.2, 0.25) is 5.91 Å². The van der Waals surface area contributed by atoms with E-state index in [9.17, 15) is 9.90 Å². The molecule has 1 atom stereocenters. The minimum atomic E-state index is -0.0279. The largest absolute Gasteiger partial charge is 0.396 e. The first-order valence-electron chi connectivity index (χ1n) is 9.05. The lowest BCUT2D eigenvalue weighted by Crippen LogP contribution is -2.34. The van der Waals surface area contributed by atoms with Gasteiger partial charge < -0.3 is 15.2 Å². The van der Waals surface area contributed by atoms with Gasteiger partial charge in [0.05, 0.1) is 12.5 Å². The van der Waals surface area contributed by atoms with Gasteiger partial charge in [0.25, 0.3) is 0 Å². The van der Waals surface area contributed by atoms with Gasteiger partial charge in [-0.25, -0.2) is 0 Å². The van der Waals surface area contributed by atoms with Crippen LogP contribution in [0.4, 0.5) is 5.69 Å². The summed E-state index contributed by atoms with van der Waals surface area (Å²) in [7, 11) is 0. The van der Waals surface area contributed by atoms with E-state index in [0.29, 0.717) is 19.1 Å². The van der Waals surface area contributed by atoms with Gasteiger partial charge in [-0.05, 0) is 62.4 Å². The van der Waals surface area contributed by atoms with E-state index in [1.165, 1.54) is 5.56 Å². The molecule has 132 valence electrons. The van der Waals surface area contributed by atoms with E-state index in [-0.39, 0.29) is 11.8 Å². The molecule has 0 radical (unpaired) electrons. The van der Waals surface area contributed by atoms with E-state index in [4.69, 9.17) is 4.74 Å². The highest BCUT2D eigenvalue weighted by molar-refractivity contribution is 5.92. The van der Waals surface area contributed by atoms with Crippen LogP contribution in [0.1, 0.15) is 31.2 Å². The standard InChI is InChI=1S/C19H28N2O3/c22-13-15-6-8-21(9-7-15)12-16-3-1-5-18(11-16)20-19(23)17-4-2-10-24-14-17/h1,3,5,11,15,17,22H,2,4,6-10,12-14H2,(H,20,23). The highest BCUT2D eigenvalue weighted by Gasteiger charge is 2.22. The number of likely N-dealkylation sites (tertiary alicyclic amines) is 1. The van der Waals surface area contributed by atoms with Gasteiger partial charge in [-0.2, -0.15) is 0 Å². The summed E-state index contributed by atoms with van der Waals surface area (Å²) < 4.78 is 5.40. The number of hydrogen-bond donors (Lipinski definition) is 2. The number of nitrogens with zero attached hydrogens (tertiary/aromatic N) is 1. The summed E-state index contributed by atoms with van der Waals surface area (Å²) in [4.78, 5) is 14.7. The van der Waals surface area contributed by atoms with Crippen molar-refractivity contribution in [2.24, 2.45) is 11.8 Å². The van der Waals surface area contributed by atoms with Crippen molar-refractivity contribution < 1.29 is 14.6 Å². The van der Waals surface area contributed by atoms with E-state index in [1.54, 1.807) is 0 Å². The fourth-order valence-electron chi connectivity index (χ4n) is 3.52. The molecular weight excluding hydrogens is 304 g/mol. The maximum atomic E-state index is 12.3. The van der Waals surface area contributed by atoms with E-state index in [1.807, 2.05) is 12.1 Å². The van der Waals surface area contributed by atoms with Crippen LogP contribution in [0.2, 0.25) is 0 Å². The molecule has 2 aliphatic heterocycles. The molecule has 2 fully saturated rings. The average Bonchev–Trinajstić information content (AvgIpc) is 2.63. The van der Waals surface area contributed by atoms with Gasteiger partial charge in [0.15, 0.2) is 0 Å². The van der Waals surface area contributed by atoms with Crippen LogP contribution < -0.4 is 5.32 Å². The SMILES string of the molecule is O=C(Nc1cccc(CN2CCC(CO)CC2)c1)C1CCCOC1. The quantitative estimate of drug-likeness (QED) is 0.868. The van der Waals surface area contributed by atoms with Crippen LogP contribution in [0.5, 0.6) is 0 Å². The molecule has 1 unspecified atom stereocenters. The molecule has 3 rings (SSSR count). The summed E-state index contributed by atoms with van der Waals surface area (Å²) in [6.45, 7) is 4.56. The zero-order valence-electron chi connectivity index (χ0n) is 14.2. The molecule has 24 heavy (non-hydrogen) atoms. The Kier molecular flexibility index (Phi) is 6.24. The van der Waals surface area contributed by atoms with Crippen LogP contribution in [0.25, 0.3) is 0 Å². The minimum Gasteiger partial charge on any atom is -0.396 e. The first-order chi connectivity index (χ1) is 11.7. The van der Waals surface area contributed by atoms with Crippen molar-refractivity contribution in [3.63, 3.8) is 0 Å². The molecule has 0 saturated carbocycles. The van der Waals surface area contributed by atoms with Crippen LogP contribution in [0, 0.1) is 11.8 Å². The van der Waals surface area contributed by atoms with Crippen LogP contribution in [-0.4, -0.2) is 48.8 Å². The summed E-state index contributed by atoms with van der Waals surface area (Å²) in [6, 6.07) is 8.13. The monoisotopic (exact) mass is 332 g/mol. The van der Waals surface area contributed by atoms with Gasteiger partial charge in [-0.1, -0.05) is 12.1 Å². The van der Waals surface area contributed by atoms with Crippen LogP contribution in [0.15, 0.2) is 24.3 Å². The third-order valence-corrected chi connectivity index (χ3v) is 5.10. The molecule has 0 aliphatic carbocycles. The van der Waals surface area contributed by atoms with E-state index in [0.717, 1.165) is 57.6 Å². The van der Waals surface area contributed by atoms with E-state index >= 15 is 0 Å². The van der Waals surface area contributed by atoms with Crippen molar-refractivity contribution in [2.75, 3.05) is 38.2 Å². The van der Waals surface area contributed by atoms with Crippen molar-refractivity contribution in [3.05, 3.63) is 29.8 Å². The second-order valence-corrected chi connectivity index (χ2v) is 7.01. The van der Waals surface area contributed by atoms with Crippen molar-refractivity contribution in [2.45, 2.75) is 32.2 Å². The second-order valence-electron chi connectivity index (χ2n) is 7.01. The fourth-order valence-corrected chi connectivity index (χ4v) is 3.52. The average molecular weight is 332 g/mol. The molecule has 0 aromatic heterocycles. The molecule has 5 nitrogen and oxygen atoms in total. The molecular formula is C19H28N2O3. The first kappa shape index (κ1) is 17.4. The predicted octanol–water partition coefficient (Wildman–Crippen LogP) is 2.26. The lowest BCUT2D eigenvalue weighted by molar-refractivity contribution is -0.123. The highest BCUT2D eigenvalue weighted by atomic mass is 16.5. The summed E-state index contributed by atoms with van der Waals surface area (Å²) in [6.07, 6.45) is 4.00. The van der Waals surface area contributed by atoms with Crippen LogP contribution in [-0.2, 0) is 16.1 Å². The van der Waals surface area contributed by atoms with E-state index in [2.05, 4.69) is 22.3 Å². The number of benzene rings is 1. The molecule has 1 aromatic rings. The fraction of sp³-hybridized carbons (Fsp3) is 0.632. The third kappa shape index (κ3) is 4.79. The number of aliphatic hydroxyl groups excluding tert-OH is 1. The number of aliphatic hydroxyl groups is 1. The molecule has 1 amide bonds. The number of ether oxygens (including phenoxy) is 1. The molecule has 1 aromatic carbocycles. The maximum Gasteiger partial charge on any atom is 0.229 e. The van der Waals surface area contributed by atoms with Crippen molar-refractivity contribution in [3.8, 4) is 0 Å². The topological polar surface area (TPSA) is 61.8 Å². The number of hydrogen-bond acceptors (Lipinski definition) is 4. The Morgan fingerprint density at radius 1 is 1.29 bits per heavy atom. The Morgan fingerprint density at radius 2 is 2.12 bits per heavy atom. The molecule has 5 heteroatoms. The maximum absolute atomic E-state index is 12.3. The molecule has 0 bridgehead atoms. The Bertz CT molecular complexity index is 535. The molecule has 0 spiro atoms. The predicted molar refractivity (Wildman–Crippen MR) is 93.7 cm³/mol. The Morgan fingerprint density at radius 3 is 2.83 bits per heavy atom. The number of carbonyl (C=O) groups excluding carboxylic acids is 1. The summed E-state index contributed by atoms with van der Waals surface area (Å²) in [5.74, 6) is 0.500. The highest BCUT2D eigenvalue weighted by Crippen LogP contribution is 2.21. The second kappa shape index (κ2) is 8.60. The molecule has 2 N–H and O–H groups in total. The summed E-state index contributed by atoms with van der Waals surface area (Å²) in [5.41, 5.74) is 2.09. The van der Waals surface area contributed by atoms with Crippen molar-refractivity contribution in [1.82, 2.24) is 4.90 Å². The molecule has 2 aliphatic rings. The first-order valence-corrected chi connectivity index (χ1v) is 9.05. The number of anilines is 1. The smallest absolute Gasteiger partial charge is 0.229 e. The lowest BCUT2D eigenvalue weighted by atomic mass is 9.97.